The van der Waals surface area contributed by atoms with Crippen LogP contribution in [0.1, 0.15) is 28.7 Å². The molecule has 0 radical (unpaired) electrons. The van der Waals surface area contributed by atoms with Gasteiger partial charge in [0.1, 0.15) is 4.88 Å². The molecule has 88 valence electrons. The molecule has 1 aromatic rings. The quantitative estimate of drug-likeness (QED) is 0.808. The number of nitrogens with one attached hydrogen (secondary N) is 1. The Morgan fingerprint density at radius 2 is 2.44 bits per heavy atom. The second-order valence-corrected chi connectivity index (χ2v) is 5.31. The Kier molecular flexibility index (Phi) is 2.86. The molecule has 1 aliphatic rings. The summed E-state index contributed by atoms with van der Waals surface area (Å²) in [6.07, 6.45) is 0.839. The minimum absolute atomic E-state index is 0.111. The number of anilines is 1. The molecule has 0 aromatic carbocycles. The van der Waals surface area contributed by atoms with Crippen LogP contribution in [0.5, 0.6) is 0 Å². The fourth-order valence-electron chi connectivity index (χ4n) is 1.72. The summed E-state index contributed by atoms with van der Waals surface area (Å²) in [5, 5.41) is 3.40. The molecule has 1 fully saturated rings. The van der Waals surface area contributed by atoms with Crippen LogP contribution in [-0.2, 0) is 4.74 Å². The third-order valence-corrected chi connectivity index (χ3v) is 3.64. The average Bonchev–Trinajstić information content (AvgIpc) is 2.73. The summed E-state index contributed by atoms with van der Waals surface area (Å²) in [7, 11) is 0. The summed E-state index contributed by atoms with van der Waals surface area (Å²) in [4.78, 5) is 16.6. The maximum absolute atomic E-state index is 12.0. The number of hydrogen-bond donors (Lipinski definition) is 2. The molecule has 0 aliphatic carbocycles. The molecule has 1 amide bonds. The van der Waals surface area contributed by atoms with Crippen molar-refractivity contribution in [2.24, 2.45) is 0 Å². The predicted molar refractivity (Wildman–Crippen MR) is 62.6 cm³/mol. The molecule has 16 heavy (non-hydrogen) atoms. The Morgan fingerprint density at radius 3 is 2.94 bits per heavy atom. The van der Waals surface area contributed by atoms with Crippen LogP contribution in [0.2, 0.25) is 0 Å². The first kappa shape index (κ1) is 11.3. The molecule has 1 atom stereocenters. The van der Waals surface area contributed by atoms with Crippen molar-refractivity contribution in [3.05, 3.63) is 10.6 Å². The van der Waals surface area contributed by atoms with Crippen molar-refractivity contribution in [3.63, 3.8) is 0 Å². The number of carbonyl (C=O) groups excluding carboxylic acids is 1. The van der Waals surface area contributed by atoms with Gasteiger partial charge in [0.25, 0.3) is 5.91 Å². The van der Waals surface area contributed by atoms with Gasteiger partial charge < -0.3 is 15.8 Å². The largest absolute Gasteiger partial charge is 0.379 e. The molecule has 0 saturated carbocycles. The molecule has 6 heteroatoms. The zero-order chi connectivity index (χ0) is 11.8. The molecule has 1 aliphatic heterocycles. The number of carbonyl (C=O) groups is 1. The molecule has 2 heterocycles. The van der Waals surface area contributed by atoms with E-state index in [1.807, 2.05) is 6.92 Å². The lowest BCUT2D eigenvalue weighted by atomic mass is 10.0. The van der Waals surface area contributed by atoms with E-state index in [1.54, 1.807) is 6.92 Å². The van der Waals surface area contributed by atoms with Gasteiger partial charge in [0.05, 0.1) is 17.8 Å². The first-order chi connectivity index (χ1) is 7.50. The van der Waals surface area contributed by atoms with Gasteiger partial charge in [-0.2, -0.15) is 0 Å². The van der Waals surface area contributed by atoms with E-state index in [-0.39, 0.29) is 11.4 Å². The SMILES string of the molecule is Cc1nc(N)sc1C(=O)NC1(C)CCOC1. The predicted octanol–water partition coefficient (Wildman–Crippen LogP) is 0.943. The summed E-state index contributed by atoms with van der Waals surface area (Å²) < 4.78 is 5.28. The van der Waals surface area contributed by atoms with Gasteiger partial charge >= 0.3 is 0 Å². The summed E-state index contributed by atoms with van der Waals surface area (Å²) >= 11 is 1.22. The minimum atomic E-state index is -0.262. The molecule has 0 bridgehead atoms. The van der Waals surface area contributed by atoms with Crippen LogP contribution in [0.15, 0.2) is 0 Å². The Labute approximate surface area is 98.0 Å². The maximum atomic E-state index is 12.0. The standard InChI is InChI=1S/C10H15N3O2S/c1-6-7(16-9(11)12-6)8(14)13-10(2)3-4-15-5-10/h3-5H2,1-2H3,(H2,11,12)(H,13,14). The summed E-state index contributed by atoms with van der Waals surface area (Å²) in [6, 6.07) is 0. The minimum Gasteiger partial charge on any atom is -0.379 e. The van der Waals surface area contributed by atoms with E-state index in [2.05, 4.69) is 10.3 Å². The van der Waals surface area contributed by atoms with E-state index in [0.29, 0.717) is 28.9 Å². The molecule has 3 N–H and O–H groups in total. The number of nitrogen functional groups attached to an aromatic ring is 1. The van der Waals surface area contributed by atoms with Gasteiger partial charge in [-0.05, 0) is 20.3 Å². The summed E-state index contributed by atoms with van der Waals surface area (Å²) in [5.74, 6) is -0.111. The number of amides is 1. The first-order valence-corrected chi connectivity index (χ1v) is 5.95. The van der Waals surface area contributed by atoms with Gasteiger partial charge in [0, 0.05) is 6.61 Å². The van der Waals surface area contributed by atoms with E-state index in [4.69, 9.17) is 10.5 Å². The highest BCUT2D eigenvalue weighted by molar-refractivity contribution is 7.17. The zero-order valence-corrected chi connectivity index (χ0v) is 10.2. The van der Waals surface area contributed by atoms with Crippen molar-refractivity contribution in [2.45, 2.75) is 25.8 Å². The molecular formula is C10H15N3O2S. The molecule has 0 spiro atoms. The molecule has 1 saturated heterocycles. The lowest BCUT2D eigenvalue weighted by Gasteiger charge is -2.23. The van der Waals surface area contributed by atoms with Crippen molar-refractivity contribution in [1.82, 2.24) is 10.3 Å². The monoisotopic (exact) mass is 241 g/mol. The van der Waals surface area contributed by atoms with Crippen LogP contribution in [-0.4, -0.2) is 29.6 Å². The number of thiazole rings is 1. The van der Waals surface area contributed by atoms with Gasteiger partial charge in [0.15, 0.2) is 5.13 Å². The second kappa shape index (κ2) is 4.03. The van der Waals surface area contributed by atoms with Crippen molar-refractivity contribution in [3.8, 4) is 0 Å². The van der Waals surface area contributed by atoms with Gasteiger partial charge in [-0.15, -0.1) is 0 Å². The van der Waals surface area contributed by atoms with E-state index in [1.165, 1.54) is 11.3 Å². The number of nitrogens with two attached hydrogens (primary N) is 1. The first-order valence-electron chi connectivity index (χ1n) is 5.13. The normalized spacial score (nSPS) is 24.6. The zero-order valence-electron chi connectivity index (χ0n) is 9.37. The van der Waals surface area contributed by atoms with Crippen molar-refractivity contribution in [2.75, 3.05) is 18.9 Å². The third-order valence-electron chi connectivity index (χ3n) is 2.65. The molecule has 5 nitrogen and oxygen atoms in total. The van der Waals surface area contributed by atoms with Crippen LogP contribution >= 0.6 is 11.3 Å². The second-order valence-electron chi connectivity index (χ2n) is 4.28. The molecule has 1 unspecified atom stereocenters. The van der Waals surface area contributed by atoms with Crippen molar-refractivity contribution >= 4 is 22.4 Å². The van der Waals surface area contributed by atoms with Crippen molar-refractivity contribution < 1.29 is 9.53 Å². The fraction of sp³-hybridized carbons (Fsp3) is 0.600. The van der Waals surface area contributed by atoms with Crippen LogP contribution in [0.25, 0.3) is 0 Å². The Balaban J connectivity index is 2.11. The summed E-state index contributed by atoms with van der Waals surface area (Å²) in [6.45, 7) is 5.03. The van der Waals surface area contributed by atoms with Crippen LogP contribution in [0.3, 0.4) is 0 Å². The van der Waals surface area contributed by atoms with E-state index in [9.17, 15) is 4.79 Å². The fourth-order valence-corrected chi connectivity index (χ4v) is 2.45. The average molecular weight is 241 g/mol. The van der Waals surface area contributed by atoms with E-state index in [0.717, 1.165) is 6.42 Å². The van der Waals surface area contributed by atoms with Crippen LogP contribution < -0.4 is 11.1 Å². The highest BCUT2D eigenvalue weighted by atomic mass is 32.1. The van der Waals surface area contributed by atoms with Gasteiger partial charge in [-0.25, -0.2) is 4.98 Å². The smallest absolute Gasteiger partial charge is 0.263 e. The topological polar surface area (TPSA) is 77.2 Å². The Morgan fingerprint density at radius 1 is 1.69 bits per heavy atom. The van der Waals surface area contributed by atoms with E-state index >= 15 is 0 Å². The Bertz CT molecular complexity index is 410. The number of rotatable bonds is 2. The summed E-state index contributed by atoms with van der Waals surface area (Å²) in [5.41, 5.74) is 5.98. The maximum Gasteiger partial charge on any atom is 0.263 e. The Hall–Kier alpha value is -1.14. The van der Waals surface area contributed by atoms with E-state index < -0.39 is 0 Å². The molecule has 1 aromatic heterocycles. The number of aromatic nitrogens is 1. The van der Waals surface area contributed by atoms with Crippen molar-refractivity contribution in [1.29, 1.82) is 0 Å². The van der Waals surface area contributed by atoms with Gasteiger partial charge in [0.2, 0.25) is 0 Å². The van der Waals surface area contributed by atoms with Gasteiger partial charge in [-0.1, -0.05) is 11.3 Å². The molecular weight excluding hydrogens is 226 g/mol. The lowest BCUT2D eigenvalue weighted by Crippen LogP contribution is -2.46. The lowest BCUT2D eigenvalue weighted by molar-refractivity contribution is 0.0893. The highest BCUT2D eigenvalue weighted by Gasteiger charge is 2.32. The van der Waals surface area contributed by atoms with Crippen LogP contribution in [0, 0.1) is 6.92 Å². The molecule has 2 rings (SSSR count). The number of aryl methyl sites for hydroxylation is 1. The van der Waals surface area contributed by atoms with Crippen LogP contribution in [0.4, 0.5) is 5.13 Å². The number of ether oxygens (including phenoxy) is 1. The van der Waals surface area contributed by atoms with Gasteiger partial charge in [-0.3, -0.25) is 4.79 Å². The third kappa shape index (κ3) is 2.17. The number of nitrogens with zero attached hydrogens (tertiary/aromatic N) is 1. The highest BCUT2D eigenvalue weighted by Crippen LogP contribution is 2.22. The number of hydrogen-bond acceptors (Lipinski definition) is 5.